The molecule has 0 aromatic rings. The molecule has 0 amide bonds. The molecule has 0 aromatic heterocycles. The second-order valence-corrected chi connectivity index (χ2v) is 3.42. The Morgan fingerprint density at radius 2 is 2.00 bits per heavy atom. The van der Waals surface area contributed by atoms with E-state index in [2.05, 4.69) is 11.9 Å². The van der Waals surface area contributed by atoms with E-state index in [4.69, 9.17) is 5.73 Å². The minimum atomic E-state index is -0.461. The maximum Gasteiger partial charge on any atom is 0.126 e. The maximum atomic E-state index is 9.66. The first-order chi connectivity index (χ1) is 6.24. The topological polar surface area (TPSA) is 52.7 Å². The molecule has 1 rings (SSSR count). The third kappa shape index (κ3) is 3.44. The fourth-order valence-electron chi connectivity index (χ4n) is 1.41. The van der Waals surface area contributed by atoms with E-state index in [1.165, 1.54) is 0 Å². The van der Waals surface area contributed by atoms with Crippen molar-refractivity contribution in [3.05, 3.63) is 12.2 Å². The Hall–Kier alpha value is -0.420. The molecule has 1 aliphatic rings. The van der Waals surface area contributed by atoms with Gasteiger partial charge < -0.3 is 15.7 Å². The Morgan fingerprint density at radius 3 is 2.54 bits per heavy atom. The third-order valence-electron chi connectivity index (χ3n) is 2.36. The summed E-state index contributed by atoms with van der Waals surface area (Å²) in [6, 6.07) is 0. The molecule has 1 atom stereocenters. The molecule has 0 radical (unpaired) electrons. The van der Waals surface area contributed by atoms with Crippen LogP contribution in [0, 0.1) is 0 Å². The highest BCUT2D eigenvalue weighted by molar-refractivity contribution is 4.90. The average Bonchev–Trinajstić information content (AvgIpc) is 2.15. The number of likely N-dealkylation sites (N-methyl/N-ethyl adjacent to an activating group) is 1. The Morgan fingerprint density at radius 1 is 1.38 bits per heavy atom. The number of aliphatic hydroxyl groups excluding tert-OH is 1. The van der Waals surface area contributed by atoms with Crippen LogP contribution in [0.3, 0.4) is 0 Å². The monoisotopic (exact) mass is 185 g/mol. The summed E-state index contributed by atoms with van der Waals surface area (Å²) in [6.07, 6.45) is 3.09. The molecule has 4 nitrogen and oxygen atoms in total. The van der Waals surface area contributed by atoms with Gasteiger partial charge in [0.1, 0.15) is 6.23 Å². The van der Waals surface area contributed by atoms with Gasteiger partial charge in [0.15, 0.2) is 0 Å². The minimum Gasteiger partial charge on any atom is -0.375 e. The van der Waals surface area contributed by atoms with Crippen molar-refractivity contribution in [3.8, 4) is 0 Å². The predicted molar refractivity (Wildman–Crippen MR) is 53.3 cm³/mol. The van der Waals surface area contributed by atoms with Gasteiger partial charge in [-0.2, -0.15) is 0 Å². The lowest BCUT2D eigenvalue weighted by Crippen LogP contribution is -2.48. The predicted octanol–water partition coefficient (Wildman–Crippen LogP) is -0.933. The zero-order chi connectivity index (χ0) is 9.68. The number of nitrogens with zero attached hydrogens (tertiary/aromatic N) is 2. The van der Waals surface area contributed by atoms with E-state index in [0.717, 1.165) is 26.2 Å². The highest BCUT2D eigenvalue weighted by Gasteiger charge is 2.17. The molecule has 0 aromatic carbocycles. The van der Waals surface area contributed by atoms with Gasteiger partial charge in [0.25, 0.3) is 0 Å². The van der Waals surface area contributed by atoms with Gasteiger partial charge >= 0.3 is 0 Å². The summed E-state index contributed by atoms with van der Waals surface area (Å²) >= 11 is 0. The first-order valence-corrected chi connectivity index (χ1v) is 4.71. The fraction of sp³-hybridized carbons (Fsp3) is 0.778. The summed E-state index contributed by atoms with van der Waals surface area (Å²) in [5.41, 5.74) is 5.30. The number of hydrogen-bond donors (Lipinski definition) is 2. The van der Waals surface area contributed by atoms with Gasteiger partial charge in [-0.15, -0.1) is 0 Å². The van der Waals surface area contributed by atoms with Gasteiger partial charge in [0.2, 0.25) is 0 Å². The standard InChI is InChI=1S/C9H19N3O/c1-11-5-7-12(8-6-11)9(13)3-2-4-10/h2-3,9,13H,4-8,10H2,1H3/b3-2+. The molecule has 4 heteroatoms. The second kappa shape index (κ2) is 5.34. The fourth-order valence-corrected chi connectivity index (χ4v) is 1.41. The Labute approximate surface area is 79.6 Å². The van der Waals surface area contributed by atoms with Crippen LogP contribution >= 0.6 is 0 Å². The number of rotatable bonds is 3. The van der Waals surface area contributed by atoms with Crippen molar-refractivity contribution in [2.24, 2.45) is 5.73 Å². The molecule has 1 heterocycles. The maximum absolute atomic E-state index is 9.66. The molecule has 13 heavy (non-hydrogen) atoms. The summed E-state index contributed by atoms with van der Waals surface area (Å²) < 4.78 is 0. The van der Waals surface area contributed by atoms with E-state index in [1.807, 2.05) is 4.90 Å². The zero-order valence-electron chi connectivity index (χ0n) is 8.19. The summed E-state index contributed by atoms with van der Waals surface area (Å²) in [5, 5.41) is 9.66. The van der Waals surface area contributed by atoms with Crippen molar-refractivity contribution in [1.82, 2.24) is 9.80 Å². The summed E-state index contributed by atoms with van der Waals surface area (Å²) in [5.74, 6) is 0. The van der Waals surface area contributed by atoms with Gasteiger partial charge in [-0.3, -0.25) is 4.90 Å². The summed E-state index contributed by atoms with van der Waals surface area (Å²) in [6.45, 7) is 4.38. The molecule has 0 bridgehead atoms. The number of piperazine rings is 1. The van der Waals surface area contributed by atoms with Crippen LogP contribution in [-0.4, -0.2) is 60.9 Å². The summed E-state index contributed by atoms with van der Waals surface area (Å²) in [7, 11) is 2.10. The highest BCUT2D eigenvalue weighted by atomic mass is 16.3. The highest BCUT2D eigenvalue weighted by Crippen LogP contribution is 2.03. The SMILES string of the molecule is CN1CCN(C(O)/C=C/CN)CC1. The lowest BCUT2D eigenvalue weighted by Gasteiger charge is -2.34. The van der Waals surface area contributed by atoms with E-state index in [-0.39, 0.29) is 0 Å². The molecule has 76 valence electrons. The van der Waals surface area contributed by atoms with Crippen molar-refractivity contribution < 1.29 is 5.11 Å². The lowest BCUT2D eigenvalue weighted by molar-refractivity contribution is 0.0108. The molecular weight excluding hydrogens is 166 g/mol. The van der Waals surface area contributed by atoms with Gasteiger partial charge in [-0.05, 0) is 13.1 Å². The number of nitrogens with two attached hydrogens (primary N) is 1. The third-order valence-corrected chi connectivity index (χ3v) is 2.36. The zero-order valence-corrected chi connectivity index (χ0v) is 8.19. The Kier molecular flexibility index (Phi) is 4.38. The van der Waals surface area contributed by atoms with Crippen LogP contribution in [-0.2, 0) is 0 Å². The molecule has 0 saturated carbocycles. The van der Waals surface area contributed by atoms with Crippen molar-refractivity contribution in [2.45, 2.75) is 6.23 Å². The van der Waals surface area contributed by atoms with Gasteiger partial charge in [0, 0.05) is 32.7 Å². The number of hydrogen-bond acceptors (Lipinski definition) is 4. The van der Waals surface area contributed by atoms with E-state index in [1.54, 1.807) is 12.2 Å². The normalized spacial score (nSPS) is 23.9. The average molecular weight is 185 g/mol. The van der Waals surface area contributed by atoms with Crippen LogP contribution in [0.4, 0.5) is 0 Å². The van der Waals surface area contributed by atoms with E-state index >= 15 is 0 Å². The largest absolute Gasteiger partial charge is 0.375 e. The van der Waals surface area contributed by atoms with Crippen molar-refractivity contribution in [3.63, 3.8) is 0 Å². The molecule has 0 spiro atoms. The molecule has 3 N–H and O–H groups in total. The van der Waals surface area contributed by atoms with E-state index < -0.39 is 6.23 Å². The van der Waals surface area contributed by atoms with Crippen LogP contribution in [0.1, 0.15) is 0 Å². The second-order valence-electron chi connectivity index (χ2n) is 3.42. The van der Waals surface area contributed by atoms with Crippen molar-refractivity contribution in [2.75, 3.05) is 39.8 Å². The first kappa shape index (κ1) is 10.7. The van der Waals surface area contributed by atoms with Crippen LogP contribution in [0.5, 0.6) is 0 Å². The molecular formula is C9H19N3O. The molecule has 1 aliphatic heterocycles. The van der Waals surface area contributed by atoms with Crippen molar-refractivity contribution in [1.29, 1.82) is 0 Å². The molecule has 1 fully saturated rings. The van der Waals surface area contributed by atoms with Gasteiger partial charge in [-0.1, -0.05) is 6.08 Å². The molecule has 1 unspecified atom stereocenters. The quantitative estimate of drug-likeness (QED) is 0.558. The van der Waals surface area contributed by atoms with Crippen LogP contribution in [0.2, 0.25) is 0 Å². The van der Waals surface area contributed by atoms with Gasteiger partial charge in [-0.25, -0.2) is 0 Å². The number of aliphatic hydroxyl groups is 1. The van der Waals surface area contributed by atoms with Crippen molar-refractivity contribution >= 4 is 0 Å². The smallest absolute Gasteiger partial charge is 0.126 e. The van der Waals surface area contributed by atoms with Crippen LogP contribution in [0.15, 0.2) is 12.2 Å². The molecule has 0 aliphatic carbocycles. The summed E-state index contributed by atoms with van der Waals surface area (Å²) in [4.78, 5) is 4.31. The Balaban J connectivity index is 2.31. The molecule has 1 saturated heterocycles. The van der Waals surface area contributed by atoms with E-state index in [0.29, 0.717) is 6.54 Å². The Bertz CT molecular complexity index is 164. The first-order valence-electron chi connectivity index (χ1n) is 4.71. The van der Waals surface area contributed by atoms with Crippen LogP contribution in [0.25, 0.3) is 0 Å². The minimum absolute atomic E-state index is 0.461. The van der Waals surface area contributed by atoms with Crippen LogP contribution < -0.4 is 5.73 Å². The lowest BCUT2D eigenvalue weighted by atomic mass is 10.3. The van der Waals surface area contributed by atoms with Gasteiger partial charge in [0.05, 0.1) is 0 Å². The van der Waals surface area contributed by atoms with E-state index in [9.17, 15) is 5.11 Å².